The van der Waals surface area contributed by atoms with E-state index >= 15 is 0 Å². The van der Waals surface area contributed by atoms with E-state index in [1.165, 1.54) is 24.8 Å². The topological polar surface area (TPSA) is 24.5 Å². The summed E-state index contributed by atoms with van der Waals surface area (Å²) in [6.07, 6.45) is 5.26. The number of rotatable bonds is 9. The van der Waals surface area contributed by atoms with Crippen LogP contribution in [0.15, 0.2) is 24.3 Å². The number of nitrogens with one attached hydrogen (secondary N) is 1. The number of hydrogen-bond donors (Lipinski definition) is 1. The molecule has 3 heteroatoms. The Morgan fingerprint density at radius 3 is 2.80 bits per heavy atom. The van der Waals surface area contributed by atoms with Gasteiger partial charge in [-0.3, -0.25) is 0 Å². The Bertz CT molecular complexity index is 390. The van der Waals surface area contributed by atoms with Crippen molar-refractivity contribution in [1.29, 1.82) is 0 Å². The van der Waals surface area contributed by atoms with Crippen LogP contribution in [0.1, 0.15) is 38.2 Å². The SMILES string of the molecule is CCCNCc1ccccc1OCCN(C)C1CCC1. The first-order valence-corrected chi connectivity index (χ1v) is 7.93. The van der Waals surface area contributed by atoms with Gasteiger partial charge in [0.2, 0.25) is 0 Å². The van der Waals surface area contributed by atoms with E-state index in [1.807, 2.05) is 6.07 Å². The maximum Gasteiger partial charge on any atom is 0.123 e. The van der Waals surface area contributed by atoms with Crippen molar-refractivity contribution in [3.63, 3.8) is 0 Å². The minimum Gasteiger partial charge on any atom is -0.492 e. The molecule has 112 valence electrons. The Morgan fingerprint density at radius 1 is 1.30 bits per heavy atom. The summed E-state index contributed by atoms with van der Waals surface area (Å²) in [5.41, 5.74) is 1.26. The molecule has 0 saturated heterocycles. The summed E-state index contributed by atoms with van der Waals surface area (Å²) in [6.45, 7) is 5.92. The lowest BCUT2D eigenvalue weighted by atomic mass is 9.92. The van der Waals surface area contributed by atoms with Gasteiger partial charge in [-0.05, 0) is 38.9 Å². The monoisotopic (exact) mass is 276 g/mol. The van der Waals surface area contributed by atoms with Gasteiger partial charge in [0.1, 0.15) is 12.4 Å². The largest absolute Gasteiger partial charge is 0.492 e. The fraction of sp³-hybridized carbons (Fsp3) is 0.647. The van der Waals surface area contributed by atoms with Crippen LogP contribution in [-0.2, 0) is 6.54 Å². The highest BCUT2D eigenvalue weighted by atomic mass is 16.5. The summed E-state index contributed by atoms with van der Waals surface area (Å²) in [7, 11) is 2.21. The molecule has 1 saturated carbocycles. The minimum atomic E-state index is 0.776. The van der Waals surface area contributed by atoms with Crippen molar-refractivity contribution in [3.05, 3.63) is 29.8 Å². The van der Waals surface area contributed by atoms with Crippen molar-refractivity contribution in [3.8, 4) is 5.75 Å². The second-order valence-corrected chi connectivity index (χ2v) is 5.70. The number of benzene rings is 1. The molecule has 0 aromatic heterocycles. The van der Waals surface area contributed by atoms with Crippen LogP contribution in [0.2, 0.25) is 0 Å². The van der Waals surface area contributed by atoms with Gasteiger partial charge in [-0.25, -0.2) is 0 Å². The second-order valence-electron chi connectivity index (χ2n) is 5.70. The zero-order valence-electron chi connectivity index (χ0n) is 12.9. The third kappa shape index (κ3) is 4.50. The molecule has 0 radical (unpaired) electrons. The maximum atomic E-state index is 5.98. The van der Waals surface area contributed by atoms with Crippen molar-refractivity contribution >= 4 is 0 Å². The lowest BCUT2D eigenvalue weighted by Crippen LogP contribution is -2.39. The predicted molar refractivity (Wildman–Crippen MR) is 84.2 cm³/mol. The van der Waals surface area contributed by atoms with E-state index in [0.717, 1.165) is 44.5 Å². The Hall–Kier alpha value is -1.06. The summed E-state index contributed by atoms with van der Waals surface area (Å²) < 4.78 is 5.98. The van der Waals surface area contributed by atoms with Crippen molar-refractivity contribution in [1.82, 2.24) is 10.2 Å². The highest BCUT2D eigenvalue weighted by Gasteiger charge is 2.21. The van der Waals surface area contributed by atoms with Crippen LogP contribution in [0, 0.1) is 0 Å². The molecular weight excluding hydrogens is 248 g/mol. The Balaban J connectivity index is 1.76. The van der Waals surface area contributed by atoms with Crippen molar-refractivity contribution in [2.45, 2.75) is 45.2 Å². The highest BCUT2D eigenvalue weighted by molar-refractivity contribution is 5.33. The van der Waals surface area contributed by atoms with Gasteiger partial charge in [0.05, 0.1) is 0 Å². The van der Waals surface area contributed by atoms with Gasteiger partial charge in [0.25, 0.3) is 0 Å². The molecule has 20 heavy (non-hydrogen) atoms. The zero-order valence-corrected chi connectivity index (χ0v) is 12.9. The molecule has 0 spiro atoms. The molecule has 2 rings (SSSR count). The van der Waals surface area contributed by atoms with E-state index in [2.05, 4.69) is 42.4 Å². The average molecular weight is 276 g/mol. The van der Waals surface area contributed by atoms with E-state index in [4.69, 9.17) is 4.74 Å². The quantitative estimate of drug-likeness (QED) is 0.702. The molecule has 0 unspecified atom stereocenters. The zero-order chi connectivity index (χ0) is 14.2. The number of para-hydroxylation sites is 1. The second kappa shape index (κ2) is 8.28. The standard InChI is InChI=1S/C17H28N2O/c1-3-11-18-14-15-7-4-5-10-17(15)20-13-12-19(2)16-8-6-9-16/h4-5,7,10,16,18H,3,6,8-9,11-14H2,1-2H3. The number of likely N-dealkylation sites (N-methyl/N-ethyl adjacent to an activating group) is 1. The van der Waals surface area contributed by atoms with Gasteiger partial charge in [-0.1, -0.05) is 31.5 Å². The third-order valence-electron chi connectivity index (χ3n) is 4.11. The number of nitrogens with zero attached hydrogens (tertiary/aromatic N) is 1. The first-order chi connectivity index (χ1) is 9.81. The molecule has 0 amide bonds. The molecule has 0 bridgehead atoms. The van der Waals surface area contributed by atoms with Gasteiger partial charge in [0, 0.05) is 24.7 Å². The summed E-state index contributed by atoms with van der Waals surface area (Å²) >= 11 is 0. The summed E-state index contributed by atoms with van der Waals surface area (Å²) in [5, 5.41) is 3.44. The van der Waals surface area contributed by atoms with Gasteiger partial charge in [-0.15, -0.1) is 0 Å². The Kier molecular flexibility index (Phi) is 6.34. The van der Waals surface area contributed by atoms with E-state index in [0.29, 0.717) is 0 Å². The van der Waals surface area contributed by atoms with Crippen LogP contribution in [0.25, 0.3) is 0 Å². The first-order valence-electron chi connectivity index (χ1n) is 7.93. The predicted octanol–water partition coefficient (Wildman–Crippen LogP) is 3.05. The molecule has 0 heterocycles. The minimum absolute atomic E-state index is 0.776. The van der Waals surface area contributed by atoms with Crippen LogP contribution in [0.4, 0.5) is 0 Å². The van der Waals surface area contributed by atoms with E-state index < -0.39 is 0 Å². The lowest BCUT2D eigenvalue weighted by molar-refractivity contribution is 0.135. The fourth-order valence-electron chi connectivity index (χ4n) is 2.50. The summed E-state index contributed by atoms with van der Waals surface area (Å²) in [4.78, 5) is 2.43. The number of ether oxygens (including phenoxy) is 1. The molecule has 0 atom stereocenters. The lowest BCUT2D eigenvalue weighted by Gasteiger charge is -2.34. The van der Waals surface area contributed by atoms with E-state index in [-0.39, 0.29) is 0 Å². The molecule has 1 fully saturated rings. The molecule has 1 aliphatic carbocycles. The average Bonchev–Trinajstić information content (AvgIpc) is 2.39. The van der Waals surface area contributed by atoms with Gasteiger partial charge < -0.3 is 15.0 Å². The van der Waals surface area contributed by atoms with Crippen LogP contribution in [0.5, 0.6) is 5.75 Å². The van der Waals surface area contributed by atoms with Crippen LogP contribution >= 0.6 is 0 Å². The van der Waals surface area contributed by atoms with Gasteiger partial charge in [0.15, 0.2) is 0 Å². The van der Waals surface area contributed by atoms with Gasteiger partial charge >= 0.3 is 0 Å². The molecular formula is C17H28N2O. The number of hydrogen-bond acceptors (Lipinski definition) is 3. The van der Waals surface area contributed by atoms with Crippen molar-refractivity contribution in [2.24, 2.45) is 0 Å². The van der Waals surface area contributed by atoms with Crippen LogP contribution in [0.3, 0.4) is 0 Å². The summed E-state index contributed by atoms with van der Waals surface area (Å²) in [6, 6.07) is 9.14. The van der Waals surface area contributed by atoms with Crippen LogP contribution < -0.4 is 10.1 Å². The molecule has 3 nitrogen and oxygen atoms in total. The molecule has 1 aromatic carbocycles. The normalized spacial score (nSPS) is 15.3. The molecule has 1 aromatic rings. The van der Waals surface area contributed by atoms with E-state index in [9.17, 15) is 0 Å². The molecule has 1 aliphatic rings. The smallest absolute Gasteiger partial charge is 0.123 e. The first kappa shape index (κ1) is 15.3. The maximum absolute atomic E-state index is 5.98. The van der Waals surface area contributed by atoms with Gasteiger partial charge in [-0.2, -0.15) is 0 Å². The third-order valence-corrected chi connectivity index (χ3v) is 4.11. The van der Waals surface area contributed by atoms with Crippen molar-refractivity contribution in [2.75, 3.05) is 26.7 Å². The molecule has 1 N–H and O–H groups in total. The van der Waals surface area contributed by atoms with E-state index in [1.54, 1.807) is 0 Å². The fourth-order valence-corrected chi connectivity index (χ4v) is 2.50. The molecule has 0 aliphatic heterocycles. The van der Waals surface area contributed by atoms with Crippen LogP contribution in [-0.4, -0.2) is 37.7 Å². The summed E-state index contributed by atoms with van der Waals surface area (Å²) in [5.74, 6) is 1.03. The Labute approximate surface area is 123 Å². The highest BCUT2D eigenvalue weighted by Crippen LogP contribution is 2.23. The Morgan fingerprint density at radius 2 is 2.10 bits per heavy atom. The van der Waals surface area contributed by atoms with Crippen molar-refractivity contribution < 1.29 is 4.74 Å².